The molecule has 1 aliphatic rings. The lowest BCUT2D eigenvalue weighted by molar-refractivity contribution is -0.130. The highest BCUT2D eigenvalue weighted by Gasteiger charge is 2.16. The van der Waals surface area contributed by atoms with Crippen LogP contribution in [0.1, 0.15) is 19.4 Å². The minimum Gasteiger partial charge on any atom is -0.493 e. The van der Waals surface area contributed by atoms with Crippen molar-refractivity contribution in [3.8, 4) is 23.0 Å². The van der Waals surface area contributed by atoms with E-state index >= 15 is 0 Å². The first kappa shape index (κ1) is 23.0. The van der Waals surface area contributed by atoms with Gasteiger partial charge in [-0.1, -0.05) is 6.07 Å². The molecular weight excluding hydrogens is 412 g/mol. The molecular formula is C24H28N2O6. The fourth-order valence-electron chi connectivity index (χ4n) is 3.18. The van der Waals surface area contributed by atoms with E-state index in [0.717, 1.165) is 5.56 Å². The van der Waals surface area contributed by atoms with E-state index in [9.17, 15) is 9.59 Å². The molecule has 0 radical (unpaired) electrons. The fourth-order valence-corrected chi connectivity index (χ4v) is 3.18. The topological polar surface area (TPSA) is 86.3 Å². The number of likely N-dealkylation sites (N-methyl/N-ethyl adjacent to an activating group) is 1. The molecule has 0 unspecified atom stereocenters. The molecule has 2 aromatic rings. The van der Waals surface area contributed by atoms with Gasteiger partial charge in [-0.2, -0.15) is 0 Å². The van der Waals surface area contributed by atoms with Gasteiger partial charge in [0.05, 0.1) is 13.7 Å². The van der Waals surface area contributed by atoms with Crippen LogP contribution in [-0.2, 0) is 9.59 Å². The molecule has 0 spiro atoms. The number of carbonyl (C=O) groups excluding carboxylic acids is 2. The second-order valence-corrected chi connectivity index (χ2v) is 6.94. The normalized spacial score (nSPS) is 12.3. The van der Waals surface area contributed by atoms with Gasteiger partial charge >= 0.3 is 0 Å². The minimum absolute atomic E-state index is 0.0685. The van der Waals surface area contributed by atoms with Gasteiger partial charge in [-0.3, -0.25) is 9.59 Å². The lowest BCUT2D eigenvalue weighted by atomic mass is 10.2. The first-order chi connectivity index (χ1) is 15.5. The van der Waals surface area contributed by atoms with E-state index < -0.39 is 0 Å². The standard InChI is InChI=1S/C24H28N2O6/c1-4-26(16-23(27)25-18-8-10-20-22(15-18)32-13-12-31-20)24(28)11-7-17-6-9-19(29-3)21(14-17)30-5-2/h6-11,14-15H,4-5,12-13,16H2,1-3H3,(H,25,27)/b11-7+. The average molecular weight is 440 g/mol. The van der Waals surface area contributed by atoms with Crippen LogP contribution in [0.4, 0.5) is 5.69 Å². The summed E-state index contributed by atoms with van der Waals surface area (Å²) < 4.78 is 21.9. The lowest BCUT2D eigenvalue weighted by Gasteiger charge is -2.20. The first-order valence-electron chi connectivity index (χ1n) is 10.5. The first-order valence-corrected chi connectivity index (χ1v) is 10.5. The fraction of sp³-hybridized carbons (Fsp3) is 0.333. The molecule has 0 atom stereocenters. The zero-order valence-corrected chi connectivity index (χ0v) is 18.6. The number of ether oxygens (including phenoxy) is 4. The second kappa shape index (κ2) is 11.1. The van der Waals surface area contributed by atoms with Crippen LogP contribution in [0.25, 0.3) is 6.08 Å². The van der Waals surface area contributed by atoms with E-state index in [1.54, 1.807) is 43.5 Å². The Bertz CT molecular complexity index is 988. The van der Waals surface area contributed by atoms with Crippen molar-refractivity contribution < 1.29 is 28.5 Å². The third-order valence-electron chi connectivity index (χ3n) is 4.76. The third kappa shape index (κ3) is 5.94. The molecule has 0 saturated heterocycles. The molecule has 170 valence electrons. The number of rotatable bonds is 9. The van der Waals surface area contributed by atoms with Gasteiger partial charge in [-0.25, -0.2) is 0 Å². The van der Waals surface area contributed by atoms with Crippen LogP contribution in [0, 0.1) is 0 Å². The van der Waals surface area contributed by atoms with E-state index in [0.29, 0.717) is 55.1 Å². The Labute approximate surface area is 187 Å². The van der Waals surface area contributed by atoms with Crippen molar-refractivity contribution in [1.29, 1.82) is 0 Å². The summed E-state index contributed by atoms with van der Waals surface area (Å²) in [7, 11) is 1.58. The van der Waals surface area contributed by atoms with Gasteiger partial charge < -0.3 is 29.2 Å². The molecule has 0 bridgehead atoms. The van der Waals surface area contributed by atoms with Crippen LogP contribution >= 0.6 is 0 Å². The summed E-state index contributed by atoms with van der Waals surface area (Å²) in [4.78, 5) is 26.6. The Hall–Kier alpha value is -3.68. The number of fused-ring (bicyclic) bond motifs is 1. The van der Waals surface area contributed by atoms with Crippen molar-refractivity contribution in [2.24, 2.45) is 0 Å². The van der Waals surface area contributed by atoms with Gasteiger partial charge in [0, 0.05) is 24.4 Å². The summed E-state index contributed by atoms with van der Waals surface area (Å²) in [6, 6.07) is 10.6. The van der Waals surface area contributed by atoms with Crippen molar-refractivity contribution in [3.05, 3.63) is 48.0 Å². The number of benzene rings is 2. The molecule has 3 rings (SSSR count). The molecule has 0 saturated carbocycles. The Balaban J connectivity index is 1.60. The summed E-state index contributed by atoms with van der Waals surface area (Å²) in [6.07, 6.45) is 3.13. The van der Waals surface area contributed by atoms with E-state index in [-0.39, 0.29) is 18.4 Å². The number of nitrogens with zero attached hydrogens (tertiary/aromatic N) is 1. The molecule has 0 aromatic heterocycles. The van der Waals surface area contributed by atoms with Crippen LogP contribution in [0.3, 0.4) is 0 Å². The number of amides is 2. The maximum absolute atomic E-state index is 12.6. The van der Waals surface area contributed by atoms with Crippen molar-refractivity contribution in [2.75, 3.05) is 45.3 Å². The van der Waals surface area contributed by atoms with Gasteiger partial charge in [0.2, 0.25) is 11.8 Å². The molecule has 8 heteroatoms. The van der Waals surface area contributed by atoms with Crippen LogP contribution in [0.2, 0.25) is 0 Å². The SMILES string of the molecule is CCOc1cc(/C=C/C(=O)N(CC)CC(=O)Nc2ccc3c(c2)OCCO3)ccc1OC. The van der Waals surface area contributed by atoms with E-state index in [4.69, 9.17) is 18.9 Å². The number of nitrogens with one attached hydrogen (secondary N) is 1. The molecule has 1 N–H and O–H groups in total. The molecule has 32 heavy (non-hydrogen) atoms. The number of hydrogen-bond donors (Lipinski definition) is 1. The van der Waals surface area contributed by atoms with Crippen molar-refractivity contribution >= 4 is 23.6 Å². The summed E-state index contributed by atoms with van der Waals surface area (Å²) in [6.45, 7) is 5.51. The summed E-state index contributed by atoms with van der Waals surface area (Å²) >= 11 is 0. The lowest BCUT2D eigenvalue weighted by Crippen LogP contribution is -2.36. The Morgan fingerprint density at radius 1 is 1.06 bits per heavy atom. The zero-order valence-electron chi connectivity index (χ0n) is 18.6. The van der Waals surface area contributed by atoms with Crippen molar-refractivity contribution in [2.45, 2.75) is 13.8 Å². The Kier molecular flexibility index (Phi) is 7.96. The monoisotopic (exact) mass is 440 g/mol. The van der Waals surface area contributed by atoms with Gasteiger partial charge in [-0.05, 0) is 49.8 Å². The minimum atomic E-state index is -0.298. The summed E-state index contributed by atoms with van der Waals surface area (Å²) in [5.41, 5.74) is 1.37. The second-order valence-electron chi connectivity index (χ2n) is 6.94. The van der Waals surface area contributed by atoms with Crippen LogP contribution in [-0.4, -0.2) is 56.7 Å². The molecule has 1 aliphatic heterocycles. The predicted octanol–water partition coefficient (Wildman–Crippen LogP) is 3.37. The van der Waals surface area contributed by atoms with Gasteiger partial charge in [0.25, 0.3) is 0 Å². The van der Waals surface area contributed by atoms with Gasteiger partial charge in [0.15, 0.2) is 23.0 Å². The molecule has 0 aliphatic carbocycles. The molecule has 8 nitrogen and oxygen atoms in total. The van der Waals surface area contributed by atoms with Crippen LogP contribution in [0.15, 0.2) is 42.5 Å². The largest absolute Gasteiger partial charge is 0.493 e. The quantitative estimate of drug-likeness (QED) is 0.602. The molecule has 0 fully saturated rings. The zero-order chi connectivity index (χ0) is 22.9. The van der Waals surface area contributed by atoms with E-state index in [2.05, 4.69) is 5.32 Å². The molecule has 2 amide bonds. The van der Waals surface area contributed by atoms with Gasteiger partial charge in [-0.15, -0.1) is 0 Å². The molecule has 1 heterocycles. The highest BCUT2D eigenvalue weighted by Crippen LogP contribution is 2.32. The van der Waals surface area contributed by atoms with Crippen molar-refractivity contribution in [3.63, 3.8) is 0 Å². The highest BCUT2D eigenvalue weighted by atomic mass is 16.6. The Morgan fingerprint density at radius 2 is 1.84 bits per heavy atom. The molecule has 2 aromatic carbocycles. The smallest absolute Gasteiger partial charge is 0.247 e. The van der Waals surface area contributed by atoms with Crippen molar-refractivity contribution in [1.82, 2.24) is 4.90 Å². The van der Waals surface area contributed by atoms with E-state index in [1.165, 1.54) is 11.0 Å². The number of anilines is 1. The predicted molar refractivity (Wildman–Crippen MR) is 122 cm³/mol. The number of methoxy groups -OCH3 is 1. The maximum atomic E-state index is 12.6. The van der Waals surface area contributed by atoms with E-state index in [1.807, 2.05) is 19.9 Å². The number of carbonyl (C=O) groups is 2. The van der Waals surface area contributed by atoms with Gasteiger partial charge in [0.1, 0.15) is 19.8 Å². The summed E-state index contributed by atoms with van der Waals surface area (Å²) in [5.74, 6) is 1.91. The summed E-state index contributed by atoms with van der Waals surface area (Å²) in [5, 5.41) is 2.80. The third-order valence-corrected chi connectivity index (χ3v) is 4.76. The highest BCUT2D eigenvalue weighted by molar-refractivity contribution is 5.98. The Morgan fingerprint density at radius 3 is 2.56 bits per heavy atom. The van der Waals surface area contributed by atoms with Crippen LogP contribution < -0.4 is 24.3 Å². The number of hydrogen-bond acceptors (Lipinski definition) is 6. The maximum Gasteiger partial charge on any atom is 0.247 e. The van der Waals surface area contributed by atoms with Crippen LogP contribution in [0.5, 0.6) is 23.0 Å². The average Bonchev–Trinajstić information content (AvgIpc) is 2.81.